The Kier molecular flexibility index (Phi) is 10.0. The zero-order chi connectivity index (χ0) is 21.1. The maximum absolute atomic E-state index is 13.4. The van der Waals surface area contributed by atoms with E-state index in [0.29, 0.717) is 38.2 Å². The van der Waals surface area contributed by atoms with Gasteiger partial charge < -0.3 is 15.0 Å². The third kappa shape index (κ3) is 7.55. The van der Waals surface area contributed by atoms with Gasteiger partial charge in [0.25, 0.3) is 5.69 Å². The lowest BCUT2D eigenvalue weighted by Gasteiger charge is -2.22. The van der Waals surface area contributed by atoms with Crippen LogP contribution in [-0.4, -0.2) is 48.4 Å². The molecule has 156 valence electrons. The minimum absolute atomic E-state index is 0.384. The van der Waals surface area contributed by atoms with E-state index in [1.807, 2.05) is 6.92 Å². The van der Waals surface area contributed by atoms with Gasteiger partial charge in [-0.3, -0.25) is 19.7 Å². The van der Waals surface area contributed by atoms with Crippen LogP contribution < -0.4 is 5.32 Å². The maximum atomic E-state index is 13.4. The van der Waals surface area contributed by atoms with Crippen molar-refractivity contribution in [2.45, 2.75) is 39.0 Å². The molecule has 1 aromatic carbocycles. The fraction of sp³-hybridized carbons (Fsp3) is 0.556. The molecule has 10 heteroatoms. The SMILES string of the molecule is CCCCCN(CCCOC)C(=O)CC(=O)Nc1cc(F)c(F)cc1[N+](=O)[O-]. The van der Waals surface area contributed by atoms with Crippen molar-refractivity contribution in [3.05, 3.63) is 33.9 Å². The van der Waals surface area contributed by atoms with Gasteiger partial charge in [-0.15, -0.1) is 0 Å². The van der Waals surface area contributed by atoms with Crippen LogP contribution in [0.3, 0.4) is 0 Å². The minimum atomic E-state index is -1.40. The number of ether oxygens (including phenoxy) is 1. The summed E-state index contributed by atoms with van der Waals surface area (Å²) in [6.45, 7) is 3.38. The Morgan fingerprint density at radius 2 is 1.82 bits per heavy atom. The molecular weight excluding hydrogens is 376 g/mol. The molecule has 0 heterocycles. The highest BCUT2D eigenvalue weighted by Gasteiger charge is 2.22. The Balaban J connectivity index is 2.79. The number of nitrogens with zero attached hydrogens (tertiary/aromatic N) is 2. The van der Waals surface area contributed by atoms with Crippen LogP contribution in [0.25, 0.3) is 0 Å². The average Bonchev–Trinajstić information content (AvgIpc) is 2.63. The molecule has 8 nitrogen and oxygen atoms in total. The second-order valence-electron chi connectivity index (χ2n) is 6.20. The van der Waals surface area contributed by atoms with Gasteiger partial charge in [0.05, 0.1) is 11.0 Å². The van der Waals surface area contributed by atoms with Crippen LogP contribution in [-0.2, 0) is 14.3 Å². The van der Waals surface area contributed by atoms with Crippen LogP contribution in [0.2, 0.25) is 0 Å². The quantitative estimate of drug-likeness (QED) is 0.251. The van der Waals surface area contributed by atoms with Gasteiger partial charge >= 0.3 is 0 Å². The molecule has 0 radical (unpaired) electrons. The first-order chi connectivity index (χ1) is 13.3. The fourth-order valence-corrected chi connectivity index (χ4v) is 2.54. The van der Waals surface area contributed by atoms with Gasteiger partial charge in [-0.1, -0.05) is 19.8 Å². The van der Waals surface area contributed by atoms with E-state index in [4.69, 9.17) is 4.74 Å². The highest BCUT2D eigenvalue weighted by Crippen LogP contribution is 2.27. The fourth-order valence-electron chi connectivity index (χ4n) is 2.54. The van der Waals surface area contributed by atoms with Crippen molar-refractivity contribution in [1.82, 2.24) is 4.90 Å². The second-order valence-corrected chi connectivity index (χ2v) is 6.20. The molecule has 0 aliphatic carbocycles. The molecule has 2 amide bonds. The number of unbranched alkanes of at least 4 members (excludes halogenated alkanes) is 2. The highest BCUT2D eigenvalue weighted by atomic mass is 19.2. The minimum Gasteiger partial charge on any atom is -0.385 e. The number of methoxy groups -OCH3 is 1. The maximum Gasteiger partial charge on any atom is 0.295 e. The Morgan fingerprint density at radius 3 is 2.43 bits per heavy atom. The summed E-state index contributed by atoms with van der Waals surface area (Å²) in [7, 11) is 1.55. The monoisotopic (exact) mass is 401 g/mol. The average molecular weight is 401 g/mol. The van der Waals surface area contributed by atoms with E-state index in [1.165, 1.54) is 4.90 Å². The van der Waals surface area contributed by atoms with Gasteiger partial charge in [-0.05, 0) is 12.8 Å². The van der Waals surface area contributed by atoms with E-state index >= 15 is 0 Å². The number of hydrogen-bond donors (Lipinski definition) is 1. The summed E-state index contributed by atoms with van der Waals surface area (Å²) in [5.41, 5.74) is -1.29. The molecule has 0 unspecified atom stereocenters. The van der Waals surface area contributed by atoms with Gasteiger partial charge in [-0.2, -0.15) is 0 Å². The van der Waals surface area contributed by atoms with Crippen molar-refractivity contribution in [1.29, 1.82) is 0 Å². The van der Waals surface area contributed by atoms with E-state index in [0.717, 1.165) is 19.3 Å². The van der Waals surface area contributed by atoms with Crippen molar-refractivity contribution < 1.29 is 28.0 Å². The van der Waals surface area contributed by atoms with Crippen molar-refractivity contribution >= 4 is 23.2 Å². The van der Waals surface area contributed by atoms with E-state index in [1.54, 1.807) is 7.11 Å². The van der Waals surface area contributed by atoms with Gasteiger partial charge in [0.1, 0.15) is 12.1 Å². The van der Waals surface area contributed by atoms with Crippen LogP contribution in [0.15, 0.2) is 12.1 Å². The van der Waals surface area contributed by atoms with Crippen LogP contribution >= 0.6 is 0 Å². The van der Waals surface area contributed by atoms with Gasteiger partial charge in [0.2, 0.25) is 11.8 Å². The molecule has 0 aromatic heterocycles. The molecule has 0 aliphatic heterocycles. The van der Waals surface area contributed by atoms with Crippen molar-refractivity contribution in [2.24, 2.45) is 0 Å². The van der Waals surface area contributed by atoms with E-state index in [-0.39, 0.29) is 0 Å². The first kappa shape index (κ1) is 23.4. The number of benzene rings is 1. The molecule has 28 heavy (non-hydrogen) atoms. The van der Waals surface area contributed by atoms with Gasteiger partial charge in [0, 0.05) is 32.9 Å². The molecule has 0 saturated carbocycles. The summed E-state index contributed by atoms with van der Waals surface area (Å²) in [5, 5.41) is 13.1. The Bertz CT molecular complexity index is 690. The molecule has 1 rings (SSSR count). The summed E-state index contributed by atoms with van der Waals surface area (Å²) in [6, 6.07) is 0.905. The van der Waals surface area contributed by atoms with Crippen LogP contribution in [0.1, 0.15) is 39.0 Å². The lowest BCUT2D eigenvalue weighted by Crippen LogP contribution is -2.35. The number of halogens is 2. The number of carbonyl (C=O) groups excluding carboxylic acids is 2. The van der Waals surface area contributed by atoms with Crippen molar-refractivity contribution in [3.63, 3.8) is 0 Å². The van der Waals surface area contributed by atoms with E-state index in [9.17, 15) is 28.5 Å². The summed E-state index contributed by atoms with van der Waals surface area (Å²) in [6.07, 6.45) is 2.73. The molecule has 0 atom stereocenters. The standard InChI is InChI=1S/C18H25F2N3O5/c1-3-4-5-7-22(8-6-9-28-2)18(25)12-17(24)21-15-10-13(19)14(20)11-16(15)23(26)27/h10-11H,3-9,12H2,1-2H3,(H,21,24). The number of nitro benzene ring substituents is 1. The van der Waals surface area contributed by atoms with E-state index < -0.39 is 46.2 Å². The van der Waals surface area contributed by atoms with Crippen LogP contribution in [0.4, 0.5) is 20.2 Å². The second kappa shape index (κ2) is 12.0. The molecule has 0 fully saturated rings. The normalized spacial score (nSPS) is 10.6. The topological polar surface area (TPSA) is 102 Å². The molecule has 1 aromatic rings. The first-order valence-electron chi connectivity index (χ1n) is 9.00. The van der Waals surface area contributed by atoms with E-state index in [2.05, 4.69) is 5.32 Å². The lowest BCUT2D eigenvalue weighted by atomic mass is 10.2. The third-order valence-corrected chi connectivity index (χ3v) is 3.98. The van der Waals surface area contributed by atoms with Crippen molar-refractivity contribution in [2.75, 3.05) is 32.1 Å². The predicted molar refractivity (Wildman–Crippen MR) is 98.9 cm³/mol. The number of rotatable bonds is 12. The number of nitro groups is 1. The third-order valence-electron chi connectivity index (χ3n) is 3.98. The van der Waals surface area contributed by atoms with Crippen LogP contribution in [0.5, 0.6) is 0 Å². The number of anilines is 1. The summed E-state index contributed by atoms with van der Waals surface area (Å²) >= 11 is 0. The molecule has 0 bridgehead atoms. The van der Waals surface area contributed by atoms with Gasteiger partial charge in [-0.25, -0.2) is 8.78 Å². The molecular formula is C18H25F2N3O5. The summed E-state index contributed by atoms with van der Waals surface area (Å²) in [5.74, 6) is -4.03. The summed E-state index contributed by atoms with van der Waals surface area (Å²) < 4.78 is 31.5. The van der Waals surface area contributed by atoms with Crippen LogP contribution in [0, 0.1) is 21.7 Å². The van der Waals surface area contributed by atoms with Crippen molar-refractivity contribution in [3.8, 4) is 0 Å². The smallest absolute Gasteiger partial charge is 0.295 e. The number of amides is 2. The summed E-state index contributed by atoms with van der Waals surface area (Å²) in [4.78, 5) is 36.1. The largest absolute Gasteiger partial charge is 0.385 e. The Morgan fingerprint density at radius 1 is 1.18 bits per heavy atom. The highest BCUT2D eigenvalue weighted by molar-refractivity contribution is 6.04. The molecule has 0 aliphatic rings. The zero-order valence-electron chi connectivity index (χ0n) is 16.0. The molecule has 0 saturated heterocycles. The number of carbonyl (C=O) groups is 2. The molecule has 0 spiro atoms. The first-order valence-corrected chi connectivity index (χ1v) is 9.00. The molecule has 1 N–H and O–H groups in total. The number of hydrogen-bond acceptors (Lipinski definition) is 5. The Labute approximate surface area is 162 Å². The lowest BCUT2D eigenvalue weighted by molar-refractivity contribution is -0.384. The predicted octanol–water partition coefficient (Wildman–Crippen LogP) is 3.26. The number of nitrogens with one attached hydrogen (secondary N) is 1. The van der Waals surface area contributed by atoms with Gasteiger partial charge in [0.15, 0.2) is 11.6 Å². The Hall–Kier alpha value is -2.62. The zero-order valence-corrected chi connectivity index (χ0v) is 16.0.